The monoisotopic (exact) mass is 558 g/mol. The van der Waals surface area contributed by atoms with Gasteiger partial charge in [0.25, 0.3) is 0 Å². The van der Waals surface area contributed by atoms with E-state index in [1.165, 1.54) is 29.0 Å². The van der Waals surface area contributed by atoms with Crippen LogP contribution in [0.3, 0.4) is 0 Å². The smallest absolute Gasteiger partial charge is 0.143 e. The SMILES string of the molecule is C[C@@H](c1cc(-c2ccc(OCc3ccc(C(C)(C)C)cc3)cc2)no1)[C@](O)(Cn1cncn1)c1ccc(F)cc1F. The summed E-state index contributed by atoms with van der Waals surface area (Å²) in [5.41, 5.74) is 1.83. The van der Waals surface area contributed by atoms with Gasteiger partial charge >= 0.3 is 0 Å². The minimum atomic E-state index is -1.84. The van der Waals surface area contributed by atoms with E-state index in [1.54, 1.807) is 13.0 Å². The summed E-state index contributed by atoms with van der Waals surface area (Å²) >= 11 is 0. The van der Waals surface area contributed by atoms with Gasteiger partial charge in [-0.1, -0.05) is 63.2 Å². The van der Waals surface area contributed by atoms with E-state index in [9.17, 15) is 13.9 Å². The zero-order valence-electron chi connectivity index (χ0n) is 23.4. The van der Waals surface area contributed by atoms with Crippen LogP contribution in [0.15, 0.2) is 90.0 Å². The highest BCUT2D eigenvalue weighted by Gasteiger charge is 2.42. The first-order valence-corrected chi connectivity index (χ1v) is 13.3. The Bertz CT molecular complexity index is 1590. The van der Waals surface area contributed by atoms with Crippen molar-refractivity contribution in [3.05, 3.63) is 120 Å². The molecule has 212 valence electrons. The predicted octanol–water partition coefficient (Wildman–Crippen LogP) is 6.78. The third kappa shape index (κ3) is 6.20. The molecule has 0 aliphatic heterocycles. The summed E-state index contributed by atoms with van der Waals surface area (Å²) in [6.07, 6.45) is 2.73. The maximum absolute atomic E-state index is 14.9. The largest absolute Gasteiger partial charge is 0.489 e. The zero-order chi connectivity index (χ0) is 29.2. The lowest BCUT2D eigenvalue weighted by Gasteiger charge is -2.33. The van der Waals surface area contributed by atoms with Crippen LogP contribution in [-0.4, -0.2) is 25.0 Å². The van der Waals surface area contributed by atoms with E-state index in [2.05, 4.69) is 60.3 Å². The van der Waals surface area contributed by atoms with Crippen molar-refractivity contribution in [3.63, 3.8) is 0 Å². The summed E-state index contributed by atoms with van der Waals surface area (Å²) in [7, 11) is 0. The van der Waals surface area contributed by atoms with Gasteiger partial charge in [0.2, 0.25) is 0 Å². The molecule has 0 aliphatic rings. The van der Waals surface area contributed by atoms with Crippen LogP contribution in [0.25, 0.3) is 11.3 Å². The fourth-order valence-electron chi connectivity index (χ4n) is 4.71. The first-order chi connectivity index (χ1) is 19.5. The first-order valence-electron chi connectivity index (χ1n) is 13.3. The molecule has 0 aliphatic carbocycles. The normalized spacial score (nSPS) is 14.0. The van der Waals surface area contributed by atoms with Gasteiger partial charge in [-0.05, 0) is 46.9 Å². The van der Waals surface area contributed by atoms with E-state index < -0.39 is 23.2 Å². The Kier molecular flexibility index (Phi) is 7.73. The van der Waals surface area contributed by atoms with Gasteiger partial charge < -0.3 is 14.4 Å². The van der Waals surface area contributed by atoms with Gasteiger partial charge in [0.05, 0.1) is 12.5 Å². The molecule has 3 aromatic carbocycles. The standard InChI is InChI=1S/C32H32F2N4O3/c1-21(32(39,18-38-20-35-19-36-38)27-14-11-25(33)15-28(27)34)30-16-29(37-41-30)23-7-12-26(13-8-23)40-17-22-5-9-24(10-6-22)31(2,3)4/h5-16,19-21,39H,17-18H2,1-4H3/t21-,32+/m0/s1. The lowest BCUT2D eigenvalue weighted by atomic mass is 9.80. The second-order valence-corrected chi connectivity index (χ2v) is 11.2. The molecule has 2 heterocycles. The van der Waals surface area contributed by atoms with Crippen molar-refractivity contribution in [1.82, 2.24) is 19.9 Å². The lowest BCUT2D eigenvalue weighted by molar-refractivity contribution is -0.0181. The molecule has 7 nitrogen and oxygen atoms in total. The number of aromatic nitrogens is 4. The second kappa shape index (κ2) is 11.2. The molecular formula is C32H32F2N4O3. The average Bonchev–Trinajstić information content (AvgIpc) is 3.64. The highest BCUT2D eigenvalue weighted by Crippen LogP contribution is 2.40. The molecule has 2 aromatic heterocycles. The number of hydrogen-bond donors (Lipinski definition) is 1. The number of benzene rings is 3. The van der Waals surface area contributed by atoms with Crippen molar-refractivity contribution in [1.29, 1.82) is 0 Å². The summed E-state index contributed by atoms with van der Waals surface area (Å²) in [6, 6.07) is 20.6. The molecule has 0 unspecified atom stereocenters. The van der Waals surface area contributed by atoms with Gasteiger partial charge in [-0.25, -0.2) is 18.4 Å². The van der Waals surface area contributed by atoms with Crippen LogP contribution in [0.2, 0.25) is 0 Å². The minimum Gasteiger partial charge on any atom is -0.489 e. The Morgan fingerprint density at radius 2 is 1.71 bits per heavy atom. The Labute approximate surface area is 237 Å². The van der Waals surface area contributed by atoms with Crippen LogP contribution < -0.4 is 4.74 Å². The summed E-state index contributed by atoms with van der Waals surface area (Å²) in [5.74, 6) is -1.36. The zero-order valence-corrected chi connectivity index (χ0v) is 23.4. The molecule has 5 aromatic rings. The third-order valence-electron chi connectivity index (χ3n) is 7.31. The second-order valence-electron chi connectivity index (χ2n) is 11.2. The molecule has 9 heteroatoms. The van der Waals surface area contributed by atoms with Gasteiger partial charge in [0.15, 0.2) is 0 Å². The van der Waals surface area contributed by atoms with Crippen LogP contribution in [-0.2, 0) is 24.2 Å². The quantitative estimate of drug-likeness (QED) is 0.215. The fourth-order valence-corrected chi connectivity index (χ4v) is 4.71. The minimum absolute atomic E-state index is 0.0885. The van der Waals surface area contributed by atoms with Crippen LogP contribution in [0.1, 0.15) is 56.1 Å². The topological polar surface area (TPSA) is 86.2 Å². The van der Waals surface area contributed by atoms with Crippen molar-refractivity contribution in [2.75, 3.05) is 0 Å². The highest BCUT2D eigenvalue weighted by atomic mass is 19.1. The van der Waals surface area contributed by atoms with E-state index in [4.69, 9.17) is 9.26 Å². The molecule has 0 bridgehead atoms. The molecule has 1 N–H and O–H groups in total. The summed E-state index contributed by atoms with van der Waals surface area (Å²) in [5, 5.41) is 20.1. The fraction of sp³-hybridized carbons (Fsp3) is 0.281. The lowest BCUT2D eigenvalue weighted by Crippen LogP contribution is -2.38. The summed E-state index contributed by atoms with van der Waals surface area (Å²) < 4.78 is 41.5. The van der Waals surface area contributed by atoms with Crippen LogP contribution in [0.5, 0.6) is 5.75 Å². The molecule has 0 amide bonds. The van der Waals surface area contributed by atoms with E-state index >= 15 is 0 Å². The van der Waals surface area contributed by atoms with Gasteiger partial charge in [0, 0.05) is 23.3 Å². The predicted molar refractivity (Wildman–Crippen MR) is 150 cm³/mol. The molecule has 41 heavy (non-hydrogen) atoms. The number of rotatable bonds is 9. The van der Waals surface area contributed by atoms with E-state index in [1.807, 2.05) is 24.3 Å². The summed E-state index contributed by atoms with van der Waals surface area (Å²) in [4.78, 5) is 3.90. The van der Waals surface area contributed by atoms with E-state index in [-0.39, 0.29) is 17.5 Å². The number of hydrogen-bond acceptors (Lipinski definition) is 6. The van der Waals surface area contributed by atoms with E-state index in [0.29, 0.717) is 23.8 Å². The molecule has 0 spiro atoms. The van der Waals surface area contributed by atoms with Gasteiger partial charge in [-0.15, -0.1) is 0 Å². The van der Waals surface area contributed by atoms with Gasteiger partial charge in [-0.2, -0.15) is 5.10 Å². The Hall–Kier alpha value is -4.37. The van der Waals surface area contributed by atoms with Crippen LogP contribution >= 0.6 is 0 Å². The molecule has 2 atom stereocenters. The Balaban J connectivity index is 1.32. The van der Waals surface area contributed by atoms with Crippen molar-refractivity contribution >= 4 is 0 Å². The number of ether oxygens (including phenoxy) is 1. The van der Waals surface area contributed by atoms with Crippen molar-refractivity contribution in [2.45, 2.75) is 57.8 Å². The third-order valence-corrected chi connectivity index (χ3v) is 7.31. The van der Waals surface area contributed by atoms with Crippen molar-refractivity contribution in [3.8, 4) is 17.0 Å². The van der Waals surface area contributed by atoms with Crippen molar-refractivity contribution < 1.29 is 23.1 Å². The first kappa shape index (κ1) is 28.2. The van der Waals surface area contributed by atoms with Gasteiger partial charge in [-0.3, -0.25) is 0 Å². The molecular weight excluding hydrogens is 526 g/mol. The highest BCUT2D eigenvalue weighted by molar-refractivity contribution is 5.60. The average molecular weight is 559 g/mol. The molecule has 0 radical (unpaired) electrons. The maximum atomic E-state index is 14.9. The van der Waals surface area contributed by atoms with Crippen LogP contribution in [0, 0.1) is 11.6 Å². The van der Waals surface area contributed by atoms with Gasteiger partial charge in [0.1, 0.15) is 53.7 Å². The van der Waals surface area contributed by atoms with E-state index in [0.717, 1.165) is 23.3 Å². The number of nitrogens with zero attached hydrogens (tertiary/aromatic N) is 4. The number of halogens is 2. The summed E-state index contributed by atoms with van der Waals surface area (Å²) in [6.45, 7) is 8.54. The molecule has 0 saturated carbocycles. The van der Waals surface area contributed by atoms with Crippen LogP contribution in [0.4, 0.5) is 8.78 Å². The Morgan fingerprint density at radius 3 is 2.34 bits per heavy atom. The Morgan fingerprint density at radius 1 is 0.976 bits per heavy atom. The van der Waals surface area contributed by atoms with Crippen molar-refractivity contribution in [2.24, 2.45) is 0 Å². The molecule has 0 fully saturated rings. The number of aliphatic hydroxyl groups is 1. The molecule has 5 rings (SSSR count). The molecule has 0 saturated heterocycles. The maximum Gasteiger partial charge on any atom is 0.143 e.